The molecule has 7 heteroatoms. The van der Waals surface area contributed by atoms with Crippen LogP contribution >= 0.6 is 0 Å². The third-order valence-electron chi connectivity index (χ3n) is 7.04. The fraction of sp³-hybridized carbons (Fsp3) is 0.667. The molecule has 2 atom stereocenters. The first kappa shape index (κ1) is 26.0. The van der Waals surface area contributed by atoms with E-state index in [9.17, 15) is 14.4 Å². The number of hydrogen-bond acceptors (Lipinski definition) is 5. The third kappa shape index (κ3) is 6.73. The Morgan fingerprint density at radius 1 is 1.00 bits per heavy atom. The number of hydrogen-bond donors (Lipinski definition) is 0. The number of nitrogens with zero attached hydrogens (tertiary/aromatic N) is 2. The molecule has 1 saturated heterocycles. The molecule has 2 amide bonds. The van der Waals surface area contributed by atoms with Crippen molar-refractivity contribution >= 4 is 18.0 Å². The fourth-order valence-electron chi connectivity index (χ4n) is 5.43. The van der Waals surface area contributed by atoms with Crippen LogP contribution in [0.15, 0.2) is 30.3 Å². The van der Waals surface area contributed by atoms with Gasteiger partial charge in [0.2, 0.25) is 5.91 Å². The number of carbonyl (C=O) groups is 3. The molecule has 1 aromatic rings. The van der Waals surface area contributed by atoms with E-state index >= 15 is 0 Å². The number of benzene rings is 1. The minimum atomic E-state index is -0.627. The van der Waals surface area contributed by atoms with Gasteiger partial charge in [0, 0.05) is 25.6 Å². The highest BCUT2D eigenvalue weighted by molar-refractivity contribution is 5.82. The van der Waals surface area contributed by atoms with Gasteiger partial charge in [-0.15, -0.1) is 0 Å². The number of ether oxygens (including phenoxy) is 2. The molecule has 1 saturated carbocycles. The molecule has 0 bridgehead atoms. The molecule has 188 valence electrons. The molecule has 1 aromatic carbocycles. The highest BCUT2D eigenvalue weighted by Crippen LogP contribution is 2.37. The minimum absolute atomic E-state index is 0.0336. The van der Waals surface area contributed by atoms with Crippen LogP contribution in [0.25, 0.3) is 0 Å². The van der Waals surface area contributed by atoms with Crippen LogP contribution in [-0.4, -0.2) is 58.6 Å². The van der Waals surface area contributed by atoms with Gasteiger partial charge < -0.3 is 14.4 Å². The summed E-state index contributed by atoms with van der Waals surface area (Å²) in [5, 5.41) is 0. The van der Waals surface area contributed by atoms with Gasteiger partial charge in [0.05, 0.1) is 7.11 Å². The van der Waals surface area contributed by atoms with Crippen LogP contribution in [0.3, 0.4) is 0 Å². The molecular weight excluding hydrogens is 432 g/mol. The van der Waals surface area contributed by atoms with Gasteiger partial charge >= 0.3 is 12.1 Å². The van der Waals surface area contributed by atoms with Crippen molar-refractivity contribution in [2.75, 3.05) is 7.11 Å². The molecule has 7 nitrogen and oxygen atoms in total. The van der Waals surface area contributed by atoms with Crippen LogP contribution < -0.4 is 0 Å². The normalized spacial score (nSPS) is 25.0. The maximum absolute atomic E-state index is 13.0. The molecule has 0 spiro atoms. The summed E-state index contributed by atoms with van der Waals surface area (Å²) in [7, 11) is 1.36. The van der Waals surface area contributed by atoms with E-state index in [4.69, 9.17) is 9.47 Å². The van der Waals surface area contributed by atoms with Crippen LogP contribution in [0.2, 0.25) is 0 Å². The Morgan fingerprint density at radius 2 is 1.65 bits per heavy atom. The summed E-state index contributed by atoms with van der Waals surface area (Å²) in [6.07, 6.45) is 5.69. The van der Waals surface area contributed by atoms with Crippen LogP contribution in [0.1, 0.15) is 78.2 Å². The predicted octanol–water partition coefficient (Wildman–Crippen LogP) is 4.93. The topological polar surface area (TPSA) is 76.2 Å². The van der Waals surface area contributed by atoms with Crippen molar-refractivity contribution in [2.24, 2.45) is 5.92 Å². The average Bonchev–Trinajstić information content (AvgIpc) is 3.20. The Kier molecular flexibility index (Phi) is 8.61. The quantitative estimate of drug-likeness (QED) is 0.549. The number of methoxy groups -OCH3 is 1. The number of likely N-dealkylation sites (tertiary alicyclic amines) is 1. The SMILES string of the molecule is COC(=O)[C@H]1CC[C@@H](CC2CCC(N(Cc3ccccc3)C(C)=O)CC2)N1C(=O)OC(C)(C)C. The Hall–Kier alpha value is -2.57. The monoisotopic (exact) mass is 472 g/mol. The number of esters is 1. The van der Waals surface area contributed by atoms with Crippen molar-refractivity contribution in [1.29, 1.82) is 0 Å². The molecule has 1 aliphatic heterocycles. The number of carbonyl (C=O) groups excluding carboxylic acids is 3. The molecule has 1 aliphatic carbocycles. The Bertz CT molecular complexity index is 842. The molecule has 34 heavy (non-hydrogen) atoms. The van der Waals surface area contributed by atoms with E-state index < -0.39 is 17.7 Å². The molecule has 0 N–H and O–H groups in total. The largest absolute Gasteiger partial charge is 0.467 e. The lowest BCUT2D eigenvalue weighted by atomic mass is 9.81. The average molecular weight is 473 g/mol. The van der Waals surface area contributed by atoms with E-state index in [1.807, 2.05) is 43.9 Å². The molecule has 3 rings (SSSR count). The molecular formula is C27H40N2O5. The zero-order chi connectivity index (χ0) is 24.9. The summed E-state index contributed by atoms with van der Waals surface area (Å²) in [4.78, 5) is 41.4. The summed E-state index contributed by atoms with van der Waals surface area (Å²) < 4.78 is 10.6. The molecule has 0 radical (unpaired) electrons. The highest BCUT2D eigenvalue weighted by Gasteiger charge is 2.44. The fourth-order valence-corrected chi connectivity index (χ4v) is 5.43. The van der Waals surface area contributed by atoms with Gasteiger partial charge in [-0.2, -0.15) is 0 Å². The van der Waals surface area contributed by atoms with Crippen LogP contribution in [0, 0.1) is 5.92 Å². The van der Waals surface area contributed by atoms with E-state index in [-0.39, 0.29) is 24.0 Å². The van der Waals surface area contributed by atoms with E-state index in [0.29, 0.717) is 18.9 Å². The summed E-state index contributed by atoms with van der Waals surface area (Å²) in [5.74, 6) is 0.184. The van der Waals surface area contributed by atoms with E-state index in [1.165, 1.54) is 7.11 Å². The van der Waals surface area contributed by atoms with Gasteiger partial charge in [-0.25, -0.2) is 9.59 Å². The summed E-state index contributed by atoms with van der Waals surface area (Å²) in [5.41, 5.74) is 0.519. The summed E-state index contributed by atoms with van der Waals surface area (Å²) in [6, 6.07) is 9.74. The second kappa shape index (κ2) is 11.2. The van der Waals surface area contributed by atoms with Gasteiger partial charge in [0.1, 0.15) is 11.6 Å². The first-order valence-corrected chi connectivity index (χ1v) is 12.5. The maximum atomic E-state index is 13.0. The zero-order valence-electron chi connectivity index (χ0n) is 21.3. The first-order chi connectivity index (χ1) is 16.1. The van der Waals surface area contributed by atoms with Crippen molar-refractivity contribution in [1.82, 2.24) is 9.80 Å². The van der Waals surface area contributed by atoms with Crippen LogP contribution in [0.5, 0.6) is 0 Å². The Morgan fingerprint density at radius 3 is 2.21 bits per heavy atom. The molecule has 0 unspecified atom stereocenters. The lowest BCUT2D eigenvalue weighted by Gasteiger charge is -2.38. The van der Waals surface area contributed by atoms with Gasteiger partial charge in [-0.05, 0) is 77.2 Å². The smallest absolute Gasteiger partial charge is 0.411 e. The van der Waals surface area contributed by atoms with Crippen molar-refractivity contribution in [3.63, 3.8) is 0 Å². The molecule has 2 aliphatic rings. The maximum Gasteiger partial charge on any atom is 0.411 e. The van der Waals surface area contributed by atoms with Gasteiger partial charge in [0.15, 0.2) is 0 Å². The summed E-state index contributed by atoms with van der Waals surface area (Å²) in [6.45, 7) is 7.79. The number of rotatable bonds is 6. The predicted molar refractivity (Wildman–Crippen MR) is 130 cm³/mol. The molecule has 2 fully saturated rings. The standard InChI is InChI=1S/C27H40N2O5/c1-19(30)28(18-21-9-7-6-8-10-21)22-13-11-20(12-14-22)17-23-15-16-24(25(31)33-5)29(23)26(32)34-27(2,3)4/h6-10,20,22-24H,11-18H2,1-5H3/t20?,22?,23-,24+/m0/s1. The Balaban J connectivity index is 1.61. The molecule has 1 heterocycles. The van der Waals surface area contributed by atoms with Crippen LogP contribution in [-0.2, 0) is 25.6 Å². The highest BCUT2D eigenvalue weighted by atomic mass is 16.6. The second-order valence-corrected chi connectivity index (χ2v) is 10.7. The number of amides is 2. The minimum Gasteiger partial charge on any atom is -0.467 e. The zero-order valence-corrected chi connectivity index (χ0v) is 21.3. The lowest BCUT2D eigenvalue weighted by Crippen LogP contribution is -2.48. The van der Waals surface area contributed by atoms with E-state index in [1.54, 1.807) is 11.8 Å². The van der Waals surface area contributed by atoms with Crippen LogP contribution in [0.4, 0.5) is 4.79 Å². The van der Waals surface area contributed by atoms with Gasteiger partial charge in [0.25, 0.3) is 0 Å². The van der Waals surface area contributed by atoms with Crippen molar-refractivity contribution in [3.05, 3.63) is 35.9 Å². The van der Waals surface area contributed by atoms with E-state index in [2.05, 4.69) is 12.1 Å². The third-order valence-corrected chi connectivity index (χ3v) is 7.04. The van der Waals surface area contributed by atoms with Gasteiger partial charge in [-0.1, -0.05) is 30.3 Å². The first-order valence-electron chi connectivity index (χ1n) is 12.5. The lowest BCUT2D eigenvalue weighted by molar-refractivity contribution is -0.146. The van der Waals surface area contributed by atoms with Crippen molar-refractivity contribution in [3.8, 4) is 0 Å². The Labute approximate surface area is 203 Å². The van der Waals surface area contributed by atoms with Gasteiger partial charge in [-0.3, -0.25) is 9.69 Å². The van der Waals surface area contributed by atoms with Crippen molar-refractivity contribution in [2.45, 2.75) is 103 Å². The molecule has 0 aromatic heterocycles. The second-order valence-electron chi connectivity index (χ2n) is 10.7. The summed E-state index contributed by atoms with van der Waals surface area (Å²) >= 11 is 0. The van der Waals surface area contributed by atoms with E-state index in [0.717, 1.165) is 44.1 Å². The van der Waals surface area contributed by atoms with Crippen molar-refractivity contribution < 1.29 is 23.9 Å².